The van der Waals surface area contributed by atoms with E-state index in [9.17, 15) is 4.79 Å². The van der Waals surface area contributed by atoms with Crippen LogP contribution in [0.2, 0.25) is 0 Å². The number of carboxylic acids is 1. The van der Waals surface area contributed by atoms with Gasteiger partial charge in [-0.2, -0.15) is 0 Å². The Morgan fingerprint density at radius 1 is 1.41 bits per heavy atom. The first-order valence-corrected chi connectivity index (χ1v) is 5.22. The number of carbonyl (C=O) groups is 1. The molecule has 0 aromatic carbocycles. The summed E-state index contributed by atoms with van der Waals surface area (Å²) in [5.74, 6) is -1.03. The topological polar surface area (TPSA) is 63.8 Å². The summed E-state index contributed by atoms with van der Waals surface area (Å²) in [5.41, 5.74) is 1.19. The minimum absolute atomic E-state index is 0.0392. The number of ether oxygens (including phenoxy) is 1. The molecule has 2 aromatic heterocycles. The van der Waals surface area contributed by atoms with E-state index in [4.69, 9.17) is 9.84 Å². The van der Waals surface area contributed by atoms with Gasteiger partial charge in [0.25, 0.3) is 0 Å². The Bertz CT molecular complexity index is 572. The lowest BCUT2D eigenvalue weighted by Crippen LogP contribution is -2.19. The third-order valence-corrected chi connectivity index (χ3v) is 2.88. The second kappa shape index (κ2) is 3.85. The number of methoxy groups -OCH3 is 1. The summed E-state index contributed by atoms with van der Waals surface area (Å²) in [5, 5.41) is 8.86. The quantitative estimate of drug-likeness (QED) is 0.881. The van der Waals surface area contributed by atoms with E-state index in [1.165, 1.54) is 6.20 Å². The van der Waals surface area contributed by atoms with Crippen LogP contribution in [-0.4, -0.2) is 27.6 Å². The van der Waals surface area contributed by atoms with Gasteiger partial charge in [0.15, 0.2) is 5.69 Å². The average molecular weight is 234 g/mol. The lowest BCUT2D eigenvalue weighted by Gasteiger charge is -2.23. The molecule has 0 radical (unpaired) electrons. The summed E-state index contributed by atoms with van der Waals surface area (Å²) in [6, 6.07) is 3.67. The second-order valence-electron chi connectivity index (χ2n) is 4.33. The van der Waals surface area contributed by atoms with Crippen LogP contribution in [0.5, 0.6) is 0 Å². The van der Waals surface area contributed by atoms with Gasteiger partial charge in [-0.25, -0.2) is 9.78 Å². The zero-order valence-electron chi connectivity index (χ0n) is 9.97. The Morgan fingerprint density at radius 3 is 2.71 bits per heavy atom. The highest BCUT2D eigenvalue weighted by Gasteiger charge is 2.20. The highest BCUT2D eigenvalue weighted by molar-refractivity contribution is 5.86. The van der Waals surface area contributed by atoms with Crippen molar-refractivity contribution in [2.75, 3.05) is 7.11 Å². The number of carboxylic acid groups (broad SMARTS) is 1. The van der Waals surface area contributed by atoms with E-state index in [1.807, 2.05) is 26.1 Å². The van der Waals surface area contributed by atoms with Gasteiger partial charge in [-0.3, -0.25) is 0 Å². The molecule has 0 atom stereocenters. The molecule has 2 aromatic rings. The van der Waals surface area contributed by atoms with Gasteiger partial charge in [0.05, 0.1) is 5.60 Å². The van der Waals surface area contributed by atoms with E-state index in [2.05, 4.69) is 4.98 Å². The molecule has 0 aliphatic rings. The molecular formula is C12H14N2O3. The van der Waals surface area contributed by atoms with E-state index in [0.29, 0.717) is 5.65 Å². The van der Waals surface area contributed by atoms with Crippen molar-refractivity contribution < 1.29 is 14.6 Å². The lowest BCUT2D eigenvalue weighted by molar-refractivity contribution is 0.0189. The Balaban J connectivity index is 2.54. The highest BCUT2D eigenvalue weighted by Crippen LogP contribution is 2.24. The molecule has 0 aliphatic heterocycles. The number of hydrogen-bond donors (Lipinski definition) is 1. The number of nitrogens with zero attached hydrogens (tertiary/aromatic N) is 2. The number of hydrogen-bond acceptors (Lipinski definition) is 3. The summed E-state index contributed by atoms with van der Waals surface area (Å²) in [7, 11) is 1.64. The normalized spacial score (nSPS) is 11.9. The molecule has 1 N–H and O–H groups in total. The summed E-state index contributed by atoms with van der Waals surface area (Å²) < 4.78 is 7.07. The van der Waals surface area contributed by atoms with Crippen LogP contribution in [-0.2, 0) is 10.3 Å². The predicted molar refractivity (Wildman–Crippen MR) is 62.2 cm³/mol. The van der Waals surface area contributed by atoms with Gasteiger partial charge in [-0.1, -0.05) is 6.07 Å². The van der Waals surface area contributed by atoms with Crippen LogP contribution in [0.25, 0.3) is 5.65 Å². The molecule has 5 nitrogen and oxygen atoms in total. The molecule has 0 bridgehead atoms. The molecule has 0 aliphatic carbocycles. The first-order valence-electron chi connectivity index (χ1n) is 5.22. The molecule has 0 unspecified atom stereocenters. The molecule has 2 rings (SSSR count). The number of imidazole rings is 1. The summed E-state index contributed by atoms with van der Waals surface area (Å²) in [6.45, 7) is 3.90. The molecule has 2 heterocycles. The number of pyridine rings is 1. The molecule has 17 heavy (non-hydrogen) atoms. The fourth-order valence-electron chi connectivity index (χ4n) is 1.57. The van der Waals surface area contributed by atoms with Crippen LogP contribution in [0, 0.1) is 0 Å². The third-order valence-electron chi connectivity index (χ3n) is 2.88. The minimum Gasteiger partial charge on any atom is -0.476 e. The van der Waals surface area contributed by atoms with E-state index < -0.39 is 11.6 Å². The van der Waals surface area contributed by atoms with Crippen LogP contribution in [0.15, 0.2) is 24.5 Å². The maximum Gasteiger partial charge on any atom is 0.356 e. The maximum absolute atomic E-state index is 10.8. The summed E-state index contributed by atoms with van der Waals surface area (Å²) in [6.07, 6.45) is 3.32. The van der Waals surface area contributed by atoms with Gasteiger partial charge in [-0.05, 0) is 25.5 Å². The molecule has 0 amide bonds. The first kappa shape index (κ1) is 11.6. The minimum atomic E-state index is -1.03. The Kier molecular flexibility index (Phi) is 2.63. The standard InChI is InChI=1S/C12H14N2O3/c1-12(2,17-3)8-4-5-10-13-9(11(15)16)7-14(10)6-8/h4-7H,1-3H3,(H,15,16). The van der Waals surface area contributed by atoms with Crippen molar-refractivity contribution >= 4 is 11.6 Å². The van der Waals surface area contributed by atoms with Crippen molar-refractivity contribution in [3.05, 3.63) is 35.8 Å². The summed E-state index contributed by atoms with van der Waals surface area (Å²) >= 11 is 0. The summed E-state index contributed by atoms with van der Waals surface area (Å²) in [4.78, 5) is 14.8. The van der Waals surface area contributed by atoms with E-state index in [0.717, 1.165) is 5.56 Å². The maximum atomic E-state index is 10.8. The number of aromatic nitrogens is 2. The van der Waals surface area contributed by atoms with Crippen molar-refractivity contribution in [2.45, 2.75) is 19.4 Å². The molecule has 0 saturated carbocycles. The van der Waals surface area contributed by atoms with Crippen LogP contribution >= 0.6 is 0 Å². The number of aromatic carboxylic acids is 1. The zero-order valence-corrected chi connectivity index (χ0v) is 9.97. The predicted octanol–water partition coefficient (Wildman–Crippen LogP) is 1.91. The van der Waals surface area contributed by atoms with Crippen LogP contribution in [0.1, 0.15) is 29.9 Å². The smallest absolute Gasteiger partial charge is 0.356 e. The second-order valence-corrected chi connectivity index (χ2v) is 4.33. The Morgan fingerprint density at radius 2 is 2.12 bits per heavy atom. The number of fused-ring (bicyclic) bond motifs is 1. The van der Waals surface area contributed by atoms with Gasteiger partial charge < -0.3 is 14.2 Å². The molecule has 0 spiro atoms. The highest BCUT2D eigenvalue weighted by atomic mass is 16.5. The van der Waals surface area contributed by atoms with Gasteiger partial charge in [-0.15, -0.1) is 0 Å². The average Bonchev–Trinajstić information content (AvgIpc) is 2.71. The van der Waals surface area contributed by atoms with Crippen LogP contribution < -0.4 is 0 Å². The third kappa shape index (κ3) is 2.01. The number of rotatable bonds is 3. The SMILES string of the molecule is COC(C)(C)c1ccc2nc(C(=O)O)cn2c1. The first-order chi connectivity index (χ1) is 7.94. The molecular weight excluding hydrogens is 220 g/mol. The Hall–Kier alpha value is -1.88. The van der Waals surface area contributed by atoms with Gasteiger partial charge in [0.2, 0.25) is 0 Å². The van der Waals surface area contributed by atoms with Crippen LogP contribution in [0.4, 0.5) is 0 Å². The molecule has 90 valence electrons. The van der Waals surface area contributed by atoms with Crippen molar-refractivity contribution in [3.63, 3.8) is 0 Å². The van der Waals surface area contributed by atoms with E-state index >= 15 is 0 Å². The van der Waals surface area contributed by atoms with Crippen LogP contribution in [0.3, 0.4) is 0 Å². The van der Waals surface area contributed by atoms with E-state index in [1.54, 1.807) is 17.6 Å². The molecule has 0 fully saturated rings. The fourth-order valence-corrected chi connectivity index (χ4v) is 1.57. The van der Waals surface area contributed by atoms with E-state index in [-0.39, 0.29) is 5.69 Å². The largest absolute Gasteiger partial charge is 0.476 e. The van der Waals surface area contributed by atoms with Crippen molar-refractivity contribution in [1.82, 2.24) is 9.38 Å². The van der Waals surface area contributed by atoms with Crippen molar-refractivity contribution in [1.29, 1.82) is 0 Å². The molecule has 0 saturated heterocycles. The van der Waals surface area contributed by atoms with Crippen molar-refractivity contribution in [2.24, 2.45) is 0 Å². The van der Waals surface area contributed by atoms with Gasteiger partial charge >= 0.3 is 5.97 Å². The fraction of sp³-hybridized carbons (Fsp3) is 0.333. The zero-order chi connectivity index (χ0) is 12.6. The monoisotopic (exact) mass is 234 g/mol. The van der Waals surface area contributed by atoms with Gasteiger partial charge in [0.1, 0.15) is 5.65 Å². The van der Waals surface area contributed by atoms with Crippen molar-refractivity contribution in [3.8, 4) is 0 Å². The van der Waals surface area contributed by atoms with Gasteiger partial charge in [0, 0.05) is 19.5 Å². The molecule has 5 heteroatoms. The Labute approximate surface area is 98.7 Å². The lowest BCUT2D eigenvalue weighted by atomic mass is 10.0.